The summed E-state index contributed by atoms with van der Waals surface area (Å²) < 4.78 is 0. The van der Waals surface area contributed by atoms with E-state index in [9.17, 15) is 20.0 Å². The predicted octanol–water partition coefficient (Wildman–Crippen LogP) is 3.85. The Hall–Kier alpha value is -3.22. The number of para-hydroxylation sites is 1. The van der Waals surface area contributed by atoms with Gasteiger partial charge in [-0.05, 0) is 34.9 Å². The van der Waals surface area contributed by atoms with E-state index >= 15 is 0 Å². The molecule has 28 heavy (non-hydrogen) atoms. The summed E-state index contributed by atoms with van der Waals surface area (Å²) in [6.45, 7) is 6.48. The second-order valence-electron chi connectivity index (χ2n) is 8.03. The molecule has 2 aromatic rings. The maximum atomic E-state index is 12.3. The number of benzene rings is 2. The molecule has 7 nitrogen and oxygen atoms in total. The van der Waals surface area contributed by atoms with Crippen molar-refractivity contribution in [3.8, 4) is 5.75 Å². The fourth-order valence-corrected chi connectivity index (χ4v) is 3.13. The molecule has 0 saturated heterocycles. The highest BCUT2D eigenvalue weighted by Crippen LogP contribution is 2.47. The van der Waals surface area contributed by atoms with Crippen LogP contribution >= 0.6 is 0 Å². The molecule has 0 aliphatic heterocycles. The number of rotatable bonds is 5. The lowest BCUT2D eigenvalue weighted by molar-refractivity contribution is -0.385. The summed E-state index contributed by atoms with van der Waals surface area (Å²) in [6.07, 6.45) is 1.97. The molecule has 0 aromatic heterocycles. The topological polar surface area (TPSA) is 105 Å². The first-order chi connectivity index (χ1) is 13.2. The molecule has 3 rings (SSSR count). The number of carbonyl (C=O) groups excluding carboxylic acids is 1. The summed E-state index contributed by atoms with van der Waals surface area (Å²) in [4.78, 5) is 22.4. The minimum Gasteiger partial charge on any atom is -0.502 e. The second kappa shape index (κ2) is 7.42. The molecule has 0 unspecified atom stereocenters. The van der Waals surface area contributed by atoms with Crippen molar-refractivity contribution in [2.75, 3.05) is 0 Å². The number of nitrogens with zero attached hydrogens (tertiary/aromatic N) is 2. The quantitative estimate of drug-likeness (QED) is 0.466. The predicted molar refractivity (Wildman–Crippen MR) is 106 cm³/mol. The van der Waals surface area contributed by atoms with Gasteiger partial charge in [-0.2, -0.15) is 5.10 Å². The minimum absolute atomic E-state index is 0.0889. The Bertz CT molecular complexity index is 930. The highest BCUT2D eigenvalue weighted by molar-refractivity contribution is 5.88. The smallest absolute Gasteiger partial charge is 0.311 e. The number of carbonyl (C=O) groups is 1. The molecule has 0 spiro atoms. The third-order valence-corrected chi connectivity index (χ3v) is 4.95. The fourth-order valence-electron chi connectivity index (χ4n) is 3.13. The van der Waals surface area contributed by atoms with Gasteiger partial charge in [-0.25, -0.2) is 5.43 Å². The van der Waals surface area contributed by atoms with Crippen LogP contribution in [0.2, 0.25) is 0 Å². The number of nitro benzene ring substituents is 1. The number of phenols is 1. The van der Waals surface area contributed by atoms with E-state index in [1.807, 2.05) is 0 Å². The first-order valence-electron chi connectivity index (χ1n) is 9.08. The lowest BCUT2D eigenvalue weighted by atomic mass is 9.86. The molecular formula is C21H23N3O4. The maximum Gasteiger partial charge on any atom is 0.311 e. The van der Waals surface area contributed by atoms with Crippen LogP contribution < -0.4 is 5.43 Å². The number of aromatic hydroxyl groups is 1. The average Bonchev–Trinajstić information content (AvgIpc) is 3.43. The van der Waals surface area contributed by atoms with Crippen molar-refractivity contribution in [1.29, 1.82) is 0 Å². The summed E-state index contributed by atoms with van der Waals surface area (Å²) in [7, 11) is 0. The lowest BCUT2D eigenvalue weighted by Crippen LogP contribution is -2.20. The number of amides is 1. The normalized spacial score (nSPS) is 18.8. The first kappa shape index (κ1) is 19.5. The molecule has 2 N–H and O–H groups in total. The van der Waals surface area contributed by atoms with E-state index in [4.69, 9.17) is 0 Å². The Morgan fingerprint density at radius 2 is 1.93 bits per heavy atom. The Kier molecular flexibility index (Phi) is 5.18. The van der Waals surface area contributed by atoms with Crippen molar-refractivity contribution in [2.45, 2.75) is 38.5 Å². The van der Waals surface area contributed by atoms with Crippen LogP contribution in [0.5, 0.6) is 5.75 Å². The van der Waals surface area contributed by atoms with Gasteiger partial charge in [0.25, 0.3) is 0 Å². The van der Waals surface area contributed by atoms with Gasteiger partial charge in [-0.15, -0.1) is 0 Å². The molecule has 0 bridgehead atoms. The molecule has 0 heterocycles. The zero-order valence-corrected chi connectivity index (χ0v) is 16.0. The maximum absolute atomic E-state index is 12.3. The highest BCUT2D eigenvalue weighted by Gasteiger charge is 2.44. The first-order valence-corrected chi connectivity index (χ1v) is 9.08. The van der Waals surface area contributed by atoms with Crippen molar-refractivity contribution in [3.05, 3.63) is 69.3 Å². The Morgan fingerprint density at radius 3 is 2.54 bits per heavy atom. The van der Waals surface area contributed by atoms with Crippen molar-refractivity contribution in [3.63, 3.8) is 0 Å². The van der Waals surface area contributed by atoms with Gasteiger partial charge in [-0.1, -0.05) is 51.1 Å². The number of hydrogen-bond donors (Lipinski definition) is 2. The van der Waals surface area contributed by atoms with Gasteiger partial charge >= 0.3 is 5.69 Å². The van der Waals surface area contributed by atoms with E-state index in [-0.39, 0.29) is 28.7 Å². The van der Waals surface area contributed by atoms with Crippen molar-refractivity contribution >= 4 is 17.8 Å². The van der Waals surface area contributed by atoms with Crippen LogP contribution in [0.15, 0.2) is 47.6 Å². The molecule has 146 valence electrons. The number of phenolic OH excluding ortho intramolecular Hbond substituents is 1. The van der Waals surface area contributed by atoms with Gasteiger partial charge in [0, 0.05) is 17.5 Å². The molecule has 2 atom stereocenters. The number of hydrazone groups is 1. The van der Waals surface area contributed by atoms with Crippen LogP contribution in [0.1, 0.15) is 49.8 Å². The summed E-state index contributed by atoms with van der Waals surface area (Å²) in [6, 6.07) is 12.5. The standard InChI is InChI=1S/C21H23N3O4/c1-21(2,3)15-9-7-13(8-10-15)16-11-17(16)20(26)23-22-12-14-5-4-6-18(19(14)25)24(27)28/h4-10,12,16-17,25H,11H2,1-3H3,(H,23,26)/b22-12-/t16-,17-/m1/s1. The number of nitrogens with one attached hydrogen (secondary N) is 1. The summed E-state index contributed by atoms with van der Waals surface area (Å²) >= 11 is 0. The van der Waals surface area contributed by atoms with E-state index in [2.05, 4.69) is 55.6 Å². The van der Waals surface area contributed by atoms with Crippen LogP contribution in [0, 0.1) is 16.0 Å². The van der Waals surface area contributed by atoms with E-state index in [0.717, 1.165) is 12.0 Å². The Morgan fingerprint density at radius 1 is 1.25 bits per heavy atom. The second-order valence-corrected chi connectivity index (χ2v) is 8.03. The highest BCUT2D eigenvalue weighted by atomic mass is 16.6. The van der Waals surface area contributed by atoms with E-state index in [1.54, 1.807) is 0 Å². The molecule has 1 aliphatic rings. The van der Waals surface area contributed by atoms with Gasteiger partial charge in [0.05, 0.1) is 11.1 Å². The molecular weight excluding hydrogens is 358 g/mol. The van der Waals surface area contributed by atoms with Crippen LogP contribution in [0.3, 0.4) is 0 Å². The van der Waals surface area contributed by atoms with E-state index in [0.29, 0.717) is 0 Å². The molecule has 7 heteroatoms. The minimum atomic E-state index is -0.676. The molecule has 1 amide bonds. The number of hydrogen-bond acceptors (Lipinski definition) is 5. The van der Waals surface area contributed by atoms with Gasteiger partial charge in [0.15, 0.2) is 0 Å². The summed E-state index contributed by atoms with van der Waals surface area (Å²) in [5, 5.41) is 24.5. The van der Waals surface area contributed by atoms with Crippen molar-refractivity contribution < 1.29 is 14.8 Å². The third kappa shape index (κ3) is 4.19. The SMILES string of the molecule is CC(C)(C)c1ccc([C@H]2C[C@H]2C(=O)N/N=C\c2cccc([N+](=O)[O-])c2O)cc1. The number of nitro groups is 1. The van der Waals surface area contributed by atoms with Crippen LogP contribution in [0.4, 0.5) is 5.69 Å². The molecule has 0 radical (unpaired) electrons. The van der Waals surface area contributed by atoms with Crippen LogP contribution in [-0.2, 0) is 10.2 Å². The third-order valence-electron chi connectivity index (χ3n) is 4.95. The van der Waals surface area contributed by atoms with Gasteiger partial charge in [0.1, 0.15) is 0 Å². The monoisotopic (exact) mass is 381 g/mol. The van der Waals surface area contributed by atoms with Crippen molar-refractivity contribution in [1.82, 2.24) is 5.43 Å². The largest absolute Gasteiger partial charge is 0.502 e. The summed E-state index contributed by atoms with van der Waals surface area (Å²) in [5.41, 5.74) is 4.69. The van der Waals surface area contributed by atoms with Gasteiger partial charge < -0.3 is 5.11 Å². The van der Waals surface area contributed by atoms with E-state index in [1.165, 1.54) is 30.0 Å². The Balaban J connectivity index is 1.59. The van der Waals surface area contributed by atoms with E-state index < -0.39 is 16.4 Å². The average molecular weight is 381 g/mol. The Labute approximate surface area is 163 Å². The molecule has 2 aromatic carbocycles. The van der Waals surface area contributed by atoms with Gasteiger partial charge in [0.2, 0.25) is 11.7 Å². The molecule has 1 saturated carbocycles. The van der Waals surface area contributed by atoms with Gasteiger partial charge in [-0.3, -0.25) is 14.9 Å². The zero-order valence-electron chi connectivity index (χ0n) is 16.0. The van der Waals surface area contributed by atoms with Crippen LogP contribution in [-0.4, -0.2) is 22.2 Å². The molecule has 1 fully saturated rings. The van der Waals surface area contributed by atoms with Crippen LogP contribution in [0.25, 0.3) is 0 Å². The fraction of sp³-hybridized carbons (Fsp3) is 0.333. The molecule has 1 aliphatic carbocycles. The zero-order chi connectivity index (χ0) is 20.5. The lowest BCUT2D eigenvalue weighted by Gasteiger charge is -2.19. The van der Waals surface area contributed by atoms with Crippen molar-refractivity contribution in [2.24, 2.45) is 11.0 Å². The summed E-state index contributed by atoms with van der Waals surface area (Å²) in [5.74, 6) is -0.647.